The van der Waals surface area contributed by atoms with Crippen LogP contribution < -0.4 is 4.74 Å². The van der Waals surface area contributed by atoms with Crippen LogP contribution in [-0.2, 0) is 9.53 Å². The summed E-state index contributed by atoms with van der Waals surface area (Å²) < 4.78 is 10.4. The first-order chi connectivity index (χ1) is 12.3. The van der Waals surface area contributed by atoms with Crippen molar-refractivity contribution in [3.8, 4) is 11.5 Å². The van der Waals surface area contributed by atoms with Gasteiger partial charge in [-0.15, -0.1) is 0 Å². The van der Waals surface area contributed by atoms with E-state index in [0.717, 1.165) is 0 Å². The zero-order valence-corrected chi connectivity index (χ0v) is 14.7. The highest BCUT2D eigenvalue weighted by molar-refractivity contribution is 6.30. The van der Waals surface area contributed by atoms with Crippen LogP contribution in [0.15, 0.2) is 42.5 Å². The van der Waals surface area contributed by atoms with Gasteiger partial charge in [0.15, 0.2) is 6.61 Å². The van der Waals surface area contributed by atoms with Crippen molar-refractivity contribution >= 4 is 29.2 Å². The van der Waals surface area contributed by atoms with E-state index in [4.69, 9.17) is 21.1 Å². The number of amides is 1. The molecule has 0 fully saturated rings. The molecular weight excluding hydrogens is 364 g/mol. The maximum atomic E-state index is 11.9. The van der Waals surface area contributed by atoms with Crippen molar-refractivity contribution in [2.75, 3.05) is 20.7 Å². The Balaban J connectivity index is 2.07. The van der Waals surface area contributed by atoms with Crippen molar-refractivity contribution in [2.24, 2.45) is 0 Å². The van der Waals surface area contributed by atoms with E-state index in [-0.39, 0.29) is 40.3 Å². The van der Waals surface area contributed by atoms with Gasteiger partial charge in [-0.25, -0.2) is 4.79 Å². The number of esters is 1. The number of carbonyl (C=O) groups is 2. The number of ether oxygens (including phenoxy) is 2. The standard InChI is InChI=1S/C17H15ClN2O6/c1-19(2)16(21)10-25-17(22)11-3-6-13(7-4-11)26-15-8-5-12(18)9-14(15)20(23)24/h3-9H,10H2,1-2H3. The third kappa shape index (κ3) is 4.93. The van der Waals surface area contributed by atoms with Crippen LogP contribution in [0, 0.1) is 10.1 Å². The second-order valence-electron chi connectivity index (χ2n) is 5.36. The number of rotatable bonds is 6. The number of hydrogen-bond acceptors (Lipinski definition) is 6. The number of hydrogen-bond donors (Lipinski definition) is 0. The van der Waals surface area contributed by atoms with E-state index in [0.29, 0.717) is 0 Å². The molecule has 0 aromatic heterocycles. The summed E-state index contributed by atoms with van der Waals surface area (Å²) in [5, 5.41) is 11.3. The summed E-state index contributed by atoms with van der Waals surface area (Å²) in [6.07, 6.45) is 0. The summed E-state index contributed by atoms with van der Waals surface area (Å²) in [5.74, 6) is -0.694. The van der Waals surface area contributed by atoms with Gasteiger partial charge in [-0.05, 0) is 36.4 Å². The van der Waals surface area contributed by atoms with Crippen molar-refractivity contribution in [1.29, 1.82) is 0 Å². The molecule has 26 heavy (non-hydrogen) atoms. The van der Waals surface area contributed by atoms with Crippen LogP contribution in [0.1, 0.15) is 10.4 Å². The molecule has 0 bridgehead atoms. The predicted molar refractivity (Wildman–Crippen MR) is 93.6 cm³/mol. The minimum absolute atomic E-state index is 0.0197. The first-order valence-corrected chi connectivity index (χ1v) is 7.75. The molecule has 0 aliphatic heterocycles. The molecule has 9 heteroatoms. The van der Waals surface area contributed by atoms with Gasteiger partial charge in [0.05, 0.1) is 10.5 Å². The van der Waals surface area contributed by atoms with Crippen LogP contribution in [0.5, 0.6) is 11.5 Å². The van der Waals surface area contributed by atoms with Crippen molar-refractivity contribution in [1.82, 2.24) is 4.90 Å². The third-order valence-electron chi connectivity index (χ3n) is 3.26. The quantitative estimate of drug-likeness (QED) is 0.434. The first-order valence-electron chi connectivity index (χ1n) is 7.37. The third-order valence-corrected chi connectivity index (χ3v) is 3.50. The SMILES string of the molecule is CN(C)C(=O)COC(=O)c1ccc(Oc2ccc(Cl)cc2[N+](=O)[O-])cc1. The Labute approximate surface area is 154 Å². The highest BCUT2D eigenvalue weighted by Crippen LogP contribution is 2.33. The Morgan fingerprint density at radius 2 is 1.81 bits per heavy atom. The maximum absolute atomic E-state index is 11.9. The molecule has 2 aromatic carbocycles. The molecule has 1 amide bonds. The lowest BCUT2D eigenvalue weighted by Crippen LogP contribution is -2.27. The van der Waals surface area contributed by atoms with E-state index in [1.54, 1.807) is 14.1 Å². The summed E-state index contributed by atoms with van der Waals surface area (Å²) in [6.45, 7) is -0.360. The van der Waals surface area contributed by atoms with Crippen LogP contribution >= 0.6 is 11.6 Å². The molecule has 8 nitrogen and oxygen atoms in total. The zero-order chi connectivity index (χ0) is 19.3. The summed E-state index contributed by atoms with van der Waals surface area (Å²) >= 11 is 5.75. The van der Waals surface area contributed by atoms with E-state index in [1.165, 1.54) is 47.4 Å². The normalized spacial score (nSPS) is 10.1. The molecule has 0 saturated heterocycles. The number of carbonyl (C=O) groups excluding carboxylic acids is 2. The van der Waals surface area contributed by atoms with Gasteiger partial charge in [-0.1, -0.05) is 11.6 Å². The summed E-state index contributed by atoms with van der Waals surface area (Å²) in [4.78, 5) is 35.1. The lowest BCUT2D eigenvalue weighted by molar-refractivity contribution is -0.385. The van der Waals surface area contributed by atoms with E-state index >= 15 is 0 Å². The molecule has 0 aliphatic carbocycles. The molecule has 136 valence electrons. The Hall–Kier alpha value is -3.13. The summed E-state index contributed by atoms with van der Waals surface area (Å²) in [6, 6.07) is 9.82. The Morgan fingerprint density at radius 1 is 1.15 bits per heavy atom. The molecular formula is C17H15ClN2O6. The molecule has 2 aromatic rings. The molecule has 0 heterocycles. The van der Waals surface area contributed by atoms with Gasteiger partial charge in [0.1, 0.15) is 5.75 Å². The monoisotopic (exact) mass is 378 g/mol. The number of likely N-dealkylation sites (N-methyl/N-ethyl adjacent to an activating group) is 1. The first kappa shape index (κ1) is 19.2. The highest BCUT2D eigenvalue weighted by Gasteiger charge is 2.17. The van der Waals surface area contributed by atoms with Crippen molar-refractivity contribution in [3.63, 3.8) is 0 Å². The smallest absolute Gasteiger partial charge is 0.338 e. The van der Waals surface area contributed by atoms with E-state index in [9.17, 15) is 19.7 Å². The topological polar surface area (TPSA) is 99.0 Å². The summed E-state index contributed by atoms with van der Waals surface area (Å²) in [5.41, 5.74) is -0.0577. The van der Waals surface area contributed by atoms with E-state index in [1.807, 2.05) is 0 Å². The fourth-order valence-electron chi connectivity index (χ4n) is 1.85. The van der Waals surface area contributed by atoms with Crippen molar-refractivity contribution < 1.29 is 24.0 Å². The molecule has 2 rings (SSSR count). The van der Waals surface area contributed by atoms with Gasteiger partial charge in [-0.2, -0.15) is 0 Å². The Kier molecular flexibility index (Phi) is 6.13. The largest absolute Gasteiger partial charge is 0.452 e. The van der Waals surface area contributed by atoms with Crippen molar-refractivity contribution in [3.05, 3.63) is 63.2 Å². The van der Waals surface area contributed by atoms with Gasteiger partial charge in [-0.3, -0.25) is 14.9 Å². The molecule has 0 aliphatic rings. The molecule has 0 unspecified atom stereocenters. The molecule has 0 radical (unpaired) electrons. The number of halogens is 1. The number of nitro groups is 1. The lowest BCUT2D eigenvalue weighted by atomic mass is 10.2. The molecule has 0 saturated carbocycles. The van der Waals surface area contributed by atoms with Crippen LogP contribution in [0.3, 0.4) is 0 Å². The van der Waals surface area contributed by atoms with Crippen LogP contribution in [-0.4, -0.2) is 42.4 Å². The number of benzene rings is 2. The Morgan fingerprint density at radius 3 is 2.38 bits per heavy atom. The average Bonchev–Trinajstić information content (AvgIpc) is 2.61. The fraction of sp³-hybridized carbons (Fsp3) is 0.176. The van der Waals surface area contributed by atoms with Crippen molar-refractivity contribution in [2.45, 2.75) is 0 Å². The Bertz CT molecular complexity index is 836. The van der Waals surface area contributed by atoms with Gasteiger partial charge >= 0.3 is 11.7 Å². The van der Waals surface area contributed by atoms with E-state index in [2.05, 4.69) is 0 Å². The fourth-order valence-corrected chi connectivity index (χ4v) is 2.01. The average molecular weight is 379 g/mol. The van der Waals surface area contributed by atoms with Gasteiger partial charge in [0, 0.05) is 25.2 Å². The zero-order valence-electron chi connectivity index (χ0n) is 14.0. The minimum Gasteiger partial charge on any atom is -0.452 e. The van der Waals surface area contributed by atoms with Crippen LogP contribution in [0.25, 0.3) is 0 Å². The minimum atomic E-state index is -0.663. The van der Waals surface area contributed by atoms with Crippen LogP contribution in [0.2, 0.25) is 5.02 Å². The second-order valence-corrected chi connectivity index (χ2v) is 5.80. The number of nitro benzene ring substituents is 1. The van der Waals surface area contributed by atoms with E-state index < -0.39 is 10.9 Å². The van der Waals surface area contributed by atoms with Gasteiger partial charge in [0.2, 0.25) is 5.75 Å². The predicted octanol–water partition coefficient (Wildman–Crippen LogP) is 3.29. The van der Waals surface area contributed by atoms with Crippen LogP contribution in [0.4, 0.5) is 5.69 Å². The molecule has 0 N–H and O–H groups in total. The van der Waals surface area contributed by atoms with Gasteiger partial charge in [0.25, 0.3) is 5.91 Å². The molecule has 0 atom stereocenters. The molecule has 0 spiro atoms. The number of nitrogens with zero attached hydrogens (tertiary/aromatic N) is 2. The highest BCUT2D eigenvalue weighted by atomic mass is 35.5. The lowest BCUT2D eigenvalue weighted by Gasteiger charge is -2.10. The maximum Gasteiger partial charge on any atom is 0.338 e. The van der Waals surface area contributed by atoms with Gasteiger partial charge < -0.3 is 14.4 Å². The second kappa shape index (κ2) is 8.30. The summed E-state index contributed by atoms with van der Waals surface area (Å²) in [7, 11) is 3.11.